The second kappa shape index (κ2) is 10.5. The van der Waals surface area contributed by atoms with Crippen molar-refractivity contribution in [3.8, 4) is 0 Å². The molecule has 0 aliphatic carbocycles. The highest BCUT2D eigenvalue weighted by Crippen LogP contribution is 2.05. The Morgan fingerprint density at radius 1 is 1.28 bits per heavy atom. The molecule has 5 nitrogen and oxygen atoms in total. The minimum atomic E-state index is -0.396. The van der Waals surface area contributed by atoms with Crippen molar-refractivity contribution in [1.82, 2.24) is 4.90 Å². The summed E-state index contributed by atoms with van der Waals surface area (Å²) >= 11 is 1.24. The van der Waals surface area contributed by atoms with Crippen LogP contribution in [-0.2, 0) is 9.59 Å². The third kappa shape index (κ3) is 9.56. The summed E-state index contributed by atoms with van der Waals surface area (Å²) in [4.78, 5) is 23.8. The molecular weight excluding hydrogens is 274 g/mol. The number of primary amides is 1. The summed E-state index contributed by atoms with van der Waals surface area (Å²) in [5, 5.41) is 0. The van der Waals surface area contributed by atoms with Crippen molar-refractivity contribution in [2.24, 2.45) is 17.4 Å². The second-order valence-corrected chi connectivity index (χ2v) is 5.46. The fourth-order valence-corrected chi connectivity index (χ4v) is 1.85. The van der Waals surface area contributed by atoms with Gasteiger partial charge in [-0.25, -0.2) is 0 Å². The van der Waals surface area contributed by atoms with Crippen LogP contribution >= 0.6 is 24.2 Å². The molecule has 0 aromatic rings. The van der Waals surface area contributed by atoms with Gasteiger partial charge >= 0.3 is 0 Å². The van der Waals surface area contributed by atoms with Crippen molar-refractivity contribution in [1.29, 1.82) is 0 Å². The summed E-state index contributed by atoms with van der Waals surface area (Å²) in [6, 6.07) is 0.114. The van der Waals surface area contributed by atoms with Crippen molar-refractivity contribution < 1.29 is 9.59 Å². The zero-order valence-corrected chi connectivity index (χ0v) is 12.9. The lowest BCUT2D eigenvalue weighted by atomic mass is 10.0. The van der Waals surface area contributed by atoms with E-state index >= 15 is 0 Å². The standard InChI is InChI=1S/C11H23N3O2S.ClH/c1-8(2)9(12)4-5-14(3)11(16)7-17-6-10(13)15;/h8-9H,4-7,12H2,1-3H3,(H2,13,15);1H. The first-order valence-corrected chi connectivity index (χ1v) is 6.85. The SMILES string of the molecule is CC(C)C(N)CCN(C)C(=O)CSCC(N)=O.Cl. The lowest BCUT2D eigenvalue weighted by molar-refractivity contribution is -0.127. The molecule has 0 radical (unpaired) electrons. The monoisotopic (exact) mass is 297 g/mol. The maximum atomic E-state index is 11.6. The number of hydrogen-bond acceptors (Lipinski definition) is 4. The van der Waals surface area contributed by atoms with Crippen LogP contribution in [0.25, 0.3) is 0 Å². The van der Waals surface area contributed by atoms with Gasteiger partial charge in [-0.1, -0.05) is 13.8 Å². The van der Waals surface area contributed by atoms with Gasteiger partial charge in [-0.3, -0.25) is 9.59 Å². The number of nitrogens with zero attached hydrogens (tertiary/aromatic N) is 1. The number of carbonyl (C=O) groups excluding carboxylic acids is 2. The van der Waals surface area contributed by atoms with Gasteiger partial charge < -0.3 is 16.4 Å². The predicted molar refractivity (Wildman–Crippen MR) is 78.8 cm³/mol. The number of rotatable bonds is 8. The van der Waals surface area contributed by atoms with E-state index in [1.807, 2.05) is 0 Å². The molecule has 1 unspecified atom stereocenters. The first kappa shape index (κ1) is 19.9. The van der Waals surface area contributed by atoms with Crippen LogP contribution in [0.5, 0.6) is 0 Å². The van der Waals surface area contributed by atoms with E-state index in [1.165, 1.54) is 11.8 Å². The number of nitrogens with two attached hydrogens (primary N) is 2. The van der Waals surface area contributed by atoms with Crippen LogP contribution in [0.15, 0.2) is 0 Å². The molecule has 0 rings (SSSR count). The molecule has 18 heavy (non-hydrogen) atoms. The molecule has 0 aliphatic heterocycles. The topological polar surface area (TPSA) is 89.4 Å². The summed E-state index contributed by atoms with van der Waals surface area (Å²) < 4.78 is 0. The average Bonchev–Trinajstić information content (AvgIpc) is 2.24. The number of carbonyl (C=O) groups is 2. The third-order valence-corrected chi connectivity index (χ3v) is 3.49. The van der Waals surface area contributed by atoms with Crippen molar-refractivity contribution in [3.63, 3.8) is 0 Å². The van der Waals surface area contributed by atoms with E-state index in [1.54, 1.807) is 11.9 Å². The maximum absolute atomic E-state index is 11.6. The number of halogens is 1. The summed E-state index contributed by atoms with van der Waals surface area (Å²) in [6.45, 7) is 4.78. The molecule has 0 fully saturated rings. The van der Waals surface area contributed by atoms with Gasteiger partial charge in [0.2, 0.25) is 11.8 Å². The lowest BCUT2D eigenvalue weighted by Crippen LogP contribution is -2.35. The molecule has 2 amide bonds. The highest BCUT2D eigenvalue weighted by Gasteiger charge is 2.12. The molecule has 0 saturated heterocycles. The van der Waals surface area contributed by atoms with Gasteiger partial charge in [0.05, 0.1) is 11.5 Å². The Morgan fingerprint density at radius 3 is 2.28 bits per heavy atom. The minimum absolute atomic E-state index is 0. The van der Waals surface area contributed by atoms with Crippen LogP contribution in [0.3, 0.4) is 0 Å². The van der Waals surface area contributed by atoms with E-state index in [-0.39, 0.29) is 35.9 Å². The average molecular weight is 298 g/mol. The molecule has 108 valence electrons. The predicted octanol–water partition coefficient (Wildman–Crippen LogP) is 0.459. The summed E-state index contributed by atoms with van der Waals surface area (Å²) in [5.74, 6) is 0.503. The molecule has 0 aliphatic rings. The Bertz CT molecular complexity index is 265. The van der Waals surface area contributed by atoms with Crippen LogP contribution in [0.4, 0.5) is 0 Å². The third-order valence-electron chi connectivity index (χ3n) is 2.55. The zero-order chi connectivity index (χ0) is 13.4. The van der Waals surface area contributed by atoms with E-state index in [0.717, 1.165) is 6.42 Å². The van der Waals surface area contributed by atoms with E-state index in [9.17, 15) is 9.59 Å². The highest BCUT2D eigenvalue weighted by atomic mass is 35.5. The first-order valence-electron chi connectivity index (χ1n) is 5.70. The molecule has 0 aromatic carbocycles. The minimum Gasteiger partial charge on any atom is -0.369 e. The fraction of sp³-hybridized carbons (Fsp3) is 0.818. The van der Waals surface area contributed by atoms with Gasteiger partial charge in [0.25, 0.3) is 0 Å². The van der Waals surface area contributed by atoms with Crippen LogP contribution < -0.4 is 11.5 Å². The van der Waals surface area contributed by atoms with E-state index < -0.39 is 5.91 Å². The van der Waals surface area contributed by atoms with Crippen LogP contribution in [0, 0.1) is 5.92 Å². The molecule has 1 atom stereocenters. The van der Waals surface area contributed by atoms with Crippen molar-refractivity contribution >= 4 is 36.0 Å². The van der Waals surface area contributed by atoms with E-state index in [2.05, 4.69) is 13.8 Å². The van der Waals surface area contributed by atoms with Crippen molar-refractivity contribution in [2.75, 3.05) is 25.1 Å². The largest absolute Gasteiger partial charge is 0.369 e. The normalized spacial score (nSPS) is 11.8. The summed E-state index contributed by atoms with van der Waals surface area (Å²) in [7, 11) is 1.75. The van der Waals surface area contributed by atoms with E-state index in [4.69, 9.17) is 11.5 Å². The molecule has 0 aromatic heterocycles. The quantitative estimate of drug-likeness (QED) is 0.681. The molecule has 4 N–H and O–H groups in total. The molecule has 0 heterocycles. The lowest BCUT2D eigenvalue weighted by Gasteiger charge is -2.21. The number of amides is 2. The molecular formula is C11H24ClN3O2S. The Labute approximate surface area is 119 Å². The van der Waals surface area contributed by atoms with Gasteiger partial charge in [0.15, 0.2) is 0 Å². The Morgan fingerprint density at radius 2 is 1.83 bits per heavy atom. The Kier molecular flexibility index (Phi) is 11.5. The number of thioether (sulfide) groups is 1. The van der Waals surface area contributed by atoms with Gasteiger partial charge in [-0.05, 0) is 12.3 Å². The van der Waals surface area contributed by atoms with Gasteiger partial charge in [0, 0.05) is 19.6 Å². The molecule has 0 saturated carbocycles. The number of hydrogen-bond donors (Lipinski definition) is 2. The smallest absolute Gasteiger partial charge is 0.232 e. The van der Waals surface area contributed by atoms with E-state index in [0.29, 0.717) is 12.5 Å². The molecule has 0 spiro atoms. The highest BCUT2D eigenvalue weighted by molar-refractivity contribution is 8.00. The summed E-state index contributed by atoms with van der Waals surface area (Å²) in [6.07, 6.45) is 0.792. The van der Waals surface area contributed by atoms with Crippen LogP contribution in [-0.4, -0.2) is 47.9 Å². The maximum Gasteiger partial charge on any atom is 0.232 e. The van der Waals surface area contributed by atoms with Gasteiger partial charge in [0.1, 0.15) is 0 Å². The first-order chi connectivity index (χ1) is 7.84. The fourth-order valence-electron chi connectivity index (χ4n) is 1.15. The second-order valence-electron chi connectivity index (χ2n) is 4.47. The van der Waals surface area contributed by atoms with Crippen LogP contribution in [0.2, 0.25) is 0 Å². The van der Waals surface area contributed by atoms with Crippen LogP contribution in [0.1, 0.15) is 20.3 Å². The van der Waals surface area contributed by atoms with Crippen molar-refractivity contribution in [2.45, 2.75) is 26.3 Å². The Balaban J connectivity index is 0. The van der Waals surface area contributed by atoms with Gasteiger partial charge in [-0.2, -0.15) is 0 Å². The van der Waals surface area contributed by atoms with Gasteiger partial charge in [-0.15, -0.1) is 24.2 Å². The molecule has 0 bridgehead atoms. The summed E-state index contributed by atoms with van der Waals surface area (Å²) in [5.41, 5.74) is 10.9. The Hall–Kier alpha value is -0.460. The zero-order valence-electron chi connectivity index (χ0n) is 11.2. The molecule has 7 heteroatoms. The van der Waals surface area contributed by atoms with Crippen molar-refractivity contribution in [3.05, 3.63) is 0 Å².